The number of likely N-dealkylation sites (N-methyl/N-ethyl adjacent to an activating group) is 1. The molecule has 94 valence electrons. The van der Waals surface area contributed by atoms with Crippen LogP contribution in [0.3, 0.4) is 0 Å². The fourth-order valence-corrected chi connectivity index (χ4v) is 2.48. The SMILES string of the molecule is CC(N)CN(C)CC1OCCc2ccccc21. The third kappa shape index (κ3) is 3.28. The van der Waals surface area contributed by atoms with Crippen molar-refractivity contribution in [3.05, 3.63) is 35.4 Å². The Kier molecular flexibility index (Phi) is 4.15. The number of benzene rings is 1. The van der Waals surface area contributed by atoms with Crippen LogP contribution in [0.2, 0.25) is 0 Å². The van der Waals surface area contributed by atoms with Gasteiger partial charge < -0.3 is 15.4 Å². The number of fused-ring (bicyclic) bond motifs is 1. The Bertz CT molecular complexity index is 365. The number of ether oxygens (including phenoxy) is 1. The minimum Gasteiger partial charge on any atom is -0.372 e. The van der Waals surface area contributed by atoms with Gasteiger partial charge in [0, 0.05) is 19.1 Å². The Labute approximate surface area is 104 Å². The normalized spacial score (nSPS) is 21.3. The van der Waals surface area contributed by atoms with Crippen molar-refractivity contribution in [1.29, 1.82) is 0 Å². The summed E-state index contributed by atoms with van der Waals surface area (Å²) in [5.41, 5.74) is 8.58. The summed E-state index contributed by atoms with van der Waals surface area (Å²) in [5, 5.41) is 0. The summed E-state index contributed by atoms with van der Waals surface area (Å²) in [5.74, 6) is 0. The van der Waals surface area contributed by atoms with Crippen LogP contribution in [0.1, 0.15) is 24.2 Å². The van der Waals surface area contributed by atoms with Crippen LogP contribution >= 0.6 is 0 Å². The average molecular weight is 234 g/mol. The molecule has 0 saturated carbocycles. The van der Waals surface area contributed by atoms with Crippen LogP contribution < -0.4 is 5.73 Å². The van der Waals surface area contributed by atoms with Crippen LogP contribution in [0.15, 0.2) is 24.3 Å². The lowest BCUT2D eigenvalue weighted by molar-refractivity contribution is 0.0204. The number of hydrogen-bond donors (Lipinski definition) is 1. The average Bonchev–Trinajstić information content (AvgIpc) is 2.28. The summed E-state index contributed by atoms with van der Waals surface area (Å²) < 4.78 is 5.87. The van der Waals surface area contributed by atoms with Crippen LogP contribution in [0.5, 0.6) is 0 Å². The van der Waals surface area contributed by atoms with Crippen molar-refractivity contribution in [3.8, 4) is 0 Å². The number of nitrogens with two attached hydrogens (primary N) is 1. The second kappa shape index (κ2) is 5.63. The molecule has 0 radical (unpaired) electrons. The van der Waals surface area contributed by atoms with Crippen molar-refractivity contribution < 1.29 is 4.74 Å². The van der Waals surface area contributed by atoms with Crippen molar-refractivity contribution >= 4 is 0 Å². The van der Waals surface area contributed by atoms with Crippen molar-refractivity contribution in [3.63, 3.8) is 0 Å². The Morgan fingerprint density at radius 1 is 1.47 bits per heavy atom. The van der Waals surface area contributed by atoms with Crippen LogP contribution in [0.25, 0.3) is 0 Å². The van der Waals surface area contributed by atoms with E-state index in [9.17, 15) is 0 Å². The third-order valence-electron chi connectivity index (χ3n) is 3.17. The van der Waals surface area contributed by atoms with Crippen LogP contribution in [0.4, 0.5) is 0 Å². The molecule has 1 aromatic rings. The lowest BCUT2D eigenvalue weighted by Gasteiger charge is -2.30. The van der Waals surface area contributed by atoms with Crippen LogP contribution in [-0.2, 0) is 11.2 Å². The molecule has 0 aromatic heterocycles. The molecule has 0 fully saturated rings. The molecule has 1 aliphatic rings. The monoisotopic (exact) mass is 234 g/mol. The molecular formula is C14H22N2O. The maximum atomic E-state index is 5.87. The topological polar surface area (TPSA) is 38.5 Å². The first kappa shape index (κ1) is 12.6. The molecule has 0 spiro atoms. The second-order valence-corrected chi connectivity index (χ2v) is 5.01. The molecule has 17 heavy (non-hydrogen) atoms. The zero-order chi connectivity index (χ0) is 12.3. The molecule has 3 nitrogen and oxygen atoms in total. The first-order chi connectivity index (χ1) is 8.16. The molecule has 1 aromatic carbocycles. The fourth-order valence-electron chi connectivity index (χ4n) is 2.48. The van der Waals surface area contributed by atoms with Crippen LogP contribution in [-0.4, -0.2) is 37.7 Å². The van der Waals surface area contributed by atoms with E-state index < -0.39 is 0 Å². The Morgan fingerprint density at radius 2 is 2.24 bits per heavy atom. The van der Waals surface area contributed by atoms with E-state index in [2.05, 4.69) is 36.2 Å². The van der Waals surface area contributed by atoms with Gasteiger partial charge in [-0.3, -0.25) is 0 Å². The van der Waals surface area contributed by atoms with Gasteiger partial charge in [0.2, 0.25) is 0 Å². The maximum absolute atomic E-state index is 5.87. The smallest absolute Gasteiger partial charge is 0.0954 e. The largest absolute Gasteiger partial charge is 0.372 e. The van der Waals surface area contributed by atoms with Gasteiger partial charge in [-0.05, 0) is 31.5 Å². The second-order valence-electron chi connectivity index (χ2n) is 5.01. The molecule has 3 heteroatoms. The molecule has 2 atom stereocenters. The van der Waals surface area contributed by atoms with E-state index in [1.54, 1.807) is 0 Å². The van der Waals surface area contributed by atoms with E-state index in [0.29, 0.717) is 0 Å². The zero-order valence-electron chi connectivity index (χ0n) is 10.7. The Hall–Kier alpha value is -0.900. The van der Waals surface area contributed by atoms with E-state index >= 15 is 0 Å². The summed E-state index contributed by atoms with van der Waals surface area (Å²) in [6.07, 6.45) is 1.23. The van der Waals surface area contributed by atoms with Gasteiger partial charge in [0.15, 0.2) is 0 Å². The van der Waals surface area contributed by atoms with Gasteiger partial charge >= 0.3 is 0 Å². The summed E-state index contributed by atoms with van der Waals surface area (Å²) in [6.45, 7) is 4.68. The fraction of sp³-hybridized carbons (Fsp3) is 0.571. The number of hydrogen-bond acceptors (Lipinski definition) is 3. The van der Waals surface area contributed by atoms with Gasteiger partial charge in [-0.25, -0.2) is 0 Å². The van der Waals surface area contributed by atoms with Crippen molar-refractivity contribution in [2.75, 3.05) is 26.7 Å². The molecule has 0 saturated heterocycles. The van der Waals surface area contributed by atoms with E-state index in [-0.39, 0.29) is 12.1 Å². The van der Waals surface area contributed by atoms with Gasteiger partial charge in [-0.2, -0.15) is 0 Å². The van der Waals surface area contributed by atoms with E-state index in [0.717, 1.165) is 26.1 Å². The summed E-state index contributed by atoms with van der Waals surface area (Å²) >= 11 is 0. The van der Waals surface area contributed by atoms with Gasteiger partial charge in [0.05, 0.1) is 12.7 Å². The van der Waals surface area contributed by atoms with E-state index in [4.69, 9.17) is 10.5 Å². The third-order valence-corrected chi connectivity index (χ3v) is 3.17. The summed E-state index contributed by atoms with van der Waals surface area (Å²) in [4.78, 5) is 2.25. The van der Waals surface area contributed by atoms with Crippen LogP contribution in [0, 0.1) is 0 Å². The number of rotatable bonds is 4. The Morgan fingerprint density at radius 3 is 3.00 bits per heavy atom. The molecule has 2 N–H and O–H groups in total. The zero-order valence-corrected chi connectivity index (χ0v) is 10.7. The predicted octanol–water partition coefficient (Wildman–Crippen LogP) is 1.58. The first-order valence-corrected chi connectivity index (χ1v) is 6.30. The minimum atomic E-state index is 0.198. The Balaban J connectivity index is 2.03. The van der Waals surface area contributed by atoms with Gasteiger partial charge in [0.1, 0.15) is 0 Å². The predicted molar refractivity (Wildman–Crippen MR) is 70.0 cm³/mol. The highest BCUT2D eigenvalue weighted by molar-refractivity contribution is 5.31. The maximum Gasteiger partial charge on any atom is 0.0954 e. The van der Waals surface area contributed by atoms with E-state index in [1.807, 2.05) is 6.92 Å². The number of nitrogens with zero attached hydrogens (tertiary/aromatic N) is 1. The highest BCUT2D eigenvalue weighted by Crippen LogP contribution is 2.27. The summed E-state index contributed by atoms with van der Waals surface area (Å²) in [6, 6.07) is 8.78. The van der Waals surface area contributed by atoms with Crippen molar-refractivity contribution in [1.82, 2.24) is 4.90 Å². The van der Waals surface area contributed by atoms with Gasteiger partial charge in [0.25, 0.3) is 0 Å². The minimum absolute atomic E-state index is 0.198. The first-order valence-electron chi connectivity index (χ1n) is 6.30. The van der Waals surface area contributed by atoms with Crippen molar-refractivity contribution in [2.45, 2.75) is 25.5 Å². The molecule has 0 amide bonds. The lowest BCUT2D eigenvalue weighted by atomic mass is 9.97. The molecule has 0 bridgehead atoms. The van der Waals surface area contributed by atoms with Crippen molar-refractivity contribution in [2.24, 2.45) is 5.73 Å². The molecule has 0 aliphatic carbocycles. The standard InChI is InChI=1S/C14H22N2O/c1-11(15)9-16(2)10-14-13-6-4-3-5-12(13)7-8-17-14/h3-6,11,14H,7-10,15H2,1-2H3. The molecule has 2 unspecified atom stereocenters. The quantitative estimate of drug-likeness (QED) is 0.859. The molecule has 1 aliphatic heterocycles. The van der Waals surface area contributed by atoms with Gasteiger partial charge in [-0.1, -0.05) is 24.3 Å². The van der Waals surface area contributed by atoms with E-state index in [1.165, 1.54) is 11.1 Å². The molecule has 2 rings (SSSR count). The highest BCUT2D eigenvalue weighted by atomic mass is 16.5. The highest BCUT2D eigenvalue weighted by Gasteiger charge is 2.21. The summed E-state index contributed by atoms with van der Waals surface area (Å²) in [7, 11) is 2.10. The van der Waals surface area contributed by atoms with Gasteiger partial charge in [-0.15, -0.1) is 0 Å². The lowest BCUT2D eigenvalue weighted by Crippen LogP contribution is -2.36. The molecular weight excluding hydrogens is 212 g/mol. The molecule has 1 heterocycles.